The Bertz CT molecular complexity index is 652. The van der Waals surface area contributed by atoms with Crippen molar-refractivity contribution >= 4 is 41.3 Å². The Kier molecular flexibility index (Phi) is 10.0. The second-order valence-electron chi connectivity index (χ2n) is 6.08. The lowest BCUT2D eigenvalue weighted by atomic mass is 10.2. The Morgan fingerprint density at radius 2 is 2.04 bits per heavy atom. The first-order valence-electron chi connectivity index (χ1n) is 8.58. The van der Waals surface area contributed by atoms with Crippen molar-refractivity contribution in [1.29, 1.82) is 0 Å². The van der Waals surface area contributed by atoms with E-state index in [1.54, 1.807) is 0 Å². The molecule has 2 aromatic heterocycles. The van der Waals surface area contributed by atoms with Crippen molar-refractivity contribution in [2.45, 2.75) is 46.6 Å². The van der Waals surface area contributed by atoms with Crippen LogP contribution >= 0.6 is 35.3 Å². The van der Waals surface area contributed by atoms with E-state index in [0.29, 0.717) is 6.04 Å². The lowest BCUT2D eigenvalue weighted by Gasteiger charge is -2.17. The van der Waals surface area contributed by atoms with Crippen LogP contribution in [-0.2, 0) is 12.8 Å². The van der Waals surface area contributed by atoms with Crippen LogP contribution in [-0.4, -0.2) is 30.1 Å². The molecule has 1 atom stereocenters. The summed E-state index contributed by atoms with van der Waals surface area (Å²) < 4.78 is 0. The second-order valence-corrected chi connectivity index (χ2v) is 7.45. The molecule has 0 spiro atoms. The van der Waals surface area contributed by atoms with Gasteiger partial charge in [-0.3, -0.25) is 9.98 Å². The van der Waals surface area contributed by atoms with Gasteiger partial charge in [0.2, 0.25) is 0 Å². The van der Waals surface area contributed by atoms with Crippen LogP contribution in [0.4, 0.5) is 0 Å². The van der Waals surface area contributed by atoms with Gasteiger partial charge in [-0.1, -0.05) is 6.07 Å². The fraction of sp³-hybridized carbons (Fsp3) is 0.474. The molecule has 2 rings (SSSR count). The van der Waals surface area contributed by atoms with E-state index in [1.807, 2.05) is 30.5 Å². The number of halogens is 1. The van der Waals surface area contributed by atoms with E-state index in [-0.39, 0.29) is 24.0 Å². The first-order chi connectivity index (χ1) is 11.6. The van der Waals surface area contributed by atoms with Gasteiger partial charge in [0.1, 0.15) is 0 Å². The molecule has 0 saturated heterocycles. The number of hydrogen-bond acceptors (Lipinski definition) is 3. The number of nitrogens with zero attached hydrogens (tertiary/aromatic N) is 2. The van der Waals surface area contributed by atoms with Gasteiger partial charge in [0.05, 0.1) is 0 Å². The van der Waals surface area contributed by atoms with Gasteiger partial charge in [0.25, 0.3) is 0 Å². The molecule has 0 aliphatic heterocycles. The molecule has 1 unspecified atom stereocenters. The second kappa shape index (κ2) is 11.5. The fourth-order valence-corrected chi connectivity index (χ4v) is 3.46. The minimum Gasteiger partial charge on any atom is -0.357 e. The fourth-order valence-electron chi connectivity index (χ4n) is 2.44. The molecule has 0 fully saturated rings. The summed E-state index contributed by atoms with van der Waals surface area (Å²) >= 11 is 1.87. The molecule has 0 amide bonds. The van der Waals surface area contributed by atoms with Crippen LogP contribution in [0, 0.1) is 13.8 Å². The van der Waals surface area contributed by atoms with Crippen molar-refractivity contribution in [3.63, 3.8) is 0 Å². The highest BCUT2D eigenvalue weighted by Crippen LogP contribution is 2.16. The molecule has 0 bridgehead atoms. The van der Waals surface area contributed by atoms with Crippen molar-refractivity contribution in [1.82, 2.24) is 15.6 Å². The summed E-state index contributed by atoms with van der Waals surface area (Å²) in [5.41, 5.74) is 2.28. The zero-order valence-electron chi connectivity index (χ0n) is 15.5. The highest BCUT2D eigenvalue weighted by atomic mass is 127. The maximum absolute atomic E-state index is 4.69. The molecule has 6 heteroatoms. The SMILES string of the molecule is CCNC(=NCCc1ccc(C)nc1)NC(C)Cc1ccc(C)s1.I. The number of aromatic nitrogens is 1. The highest BCUT2D eigenvalue weighted by molar-refractivity contribution is 14.0. The predicted molar refractivity (Wildman–Crippen MR) is 119 cm³/mol. The number of nitrogens with one attached hydrogen (secondary N) is 2. The summed E-state index contributed by atoms with van der Waals surface area (Å²) in [6, 6.07) is 8.92. The molecule has 2 N–H and O–H groups in total. The zero-order valence-corrected chi connectivity index (χ0v) is 18.7. The molecule has 2 heterocycles. The Morgan fingerprint density at radius 3 is 2.64 bits per heavy atom. The third-order valence-corrected chi connectivity index (χ3v) is 4.70. The lowest BCUT2D eigenvalue weighted by Crippen LogP contribution is -2.43. The van der Waals surface area contributed by atoms with Crippen LogP contribution in [0.2, 0.25) is 0 Å². The molecule has 0 aliphatic carbocycles. The molecule has 138 valence electrons. The van der Waals surface area contributed by atoms with E-state index in [1.165, 1.54) is 15.3 Å². The van der Waals surface area contributed by atoms with Crippen molar-refractivity contribution in [3.05, 3.63) is 51.5 Å². The summed E-state index contributed by atoms with van der Waals surface area (Å²) in [6.45, 7) is 10.1. The number of guanidine groups is 1. The largest absolute Gasteiger partial charge is 0.357 e. The van der Waals surface area contributed by atoms with Gasteiger partial charge in [-0.25, -0.2) is 0 Å². The highest BCUT2D eigenvalue weighted by Gasteiger charge is 2.07. The van der Waals surface area contributed by atoms with Crippen LogP contribution in [0.3, 0.4) is 0 Å². The Hall–Kier alpha value is -1.15. The third kappa shape index (κ3) is 8.18. The normalized spacial score (nSPS) is 12.4. The van der Waals surface area contributed by atoms with Gasteiger partial charge in [0, 0.05) is 47.2 Å². The summed E-state index contributed by atoms with van der Waals surface area (Å²) in [7, 11) is 0. The van der Waals surface area contributed by atoms with Gasteiger partial charge in [-0.15, -0.1) is 35.3 Å². The maximum atomic E-state index is 4.69. The van der Waals surface area contributed by atoms with Gasteiger partial charge in [0.15, 0.2) is 5.96 Å². The molecule has 0 radical (unpaired) electrons. The number of hydrogen-bond donors (Lipinski definition) is 2. The maximum Gasteiger partial charge on any atom is 0.191 e. The van der Waals surface area contributed by atoms with Gasteiger partial charge in [-0.05, 0) is 57.9 Å². The van der Waals surface area contributed by atoms with Crippen LogP contribution in [0.5, 0.6) is 0 Å². The van der Waals surface area contributed by atoms with Crippen LogP contribution in [0.15, 0.2) is 35.5 Å². The lowest BCUT2D eigenvalue weighted by molar-refractivity contribution is 0.645. The molecule has 0 aliphatic rings. The first-order valence-corrected chi connectivity index (χ1v) is 9.40. The minimum atomic E-state index is 0. The molecular formula is C19H29IN4S. The number of pyridine rings is 1. The molecule has 25 heavy (non-hydrogen) atoms. The standard InChI is InChI=1S/C19H28N4S.HI/c1-5-20-19(21-11-10-17-8-6-14(2)22-13-17)23-15(3)12-18-9-7-16(4)24-18;/h6-9,13,15H,5,10-12H2,1-4H3,(H2,20,21,23);1H. The number of aryl methyl sites for hydroxylation is 2. The average Bonchev–Trinajstić information content (AvgIpc) is 2.94. The van der Waals surface area contributed by atoms with Gasteiger partial charge < -0.3 is 10.6 Å². The average molecular weight is 472 g/mol. The zero-order chi connectivity index (χ0) is 17.4. The predicted octanol–water partition coefficient (Wildman–Crippen LogP) is 4.11. The Labute approximate surface area is 172 Å². The van der Waals surface area contributed by atoms with E-state index in [4.69, 9.17) is 0 Å². The van der Waals surface area contributed by atoms with Gasteiger partial charge in [-0.2, -0.15) is 0 Å². The third-order valence-electron chi connectivity index (χ3n) is 3.67. The quantitative estimate of drug-likeness (QED) is 0.362. The molecule has 4 nitrogen and oxygen atoms in total. The van der Waals surface area contributed by atoms with Crippen LogP contribution in [0.25, 0.3) is 0 Å². The van der Waals surface area contributed by atoms with E-state index in [9.17, 15) is 0 Å². The summed E-state index contributed by atoms with van der Waals surface area (Å²) in [4.78, 5) is 11.8. The minimum absolute atomic E-state index is 0. The van der Waals surface area contributed by atoms with Crippen molar-refractivity contribution < 1.29 is 0 Å². The Morgan fingerprint density at radius 1 is 1.24 bits per heavy atom. The van der Waals surface area contributed by atoms with E-state index in [0.717, 1.165) is 37.6 Å². The smallest absolute Gasteiger partial charge is 0.191 e. The summed E-state index contributed by atoms with van der Waals surface area (Å²) in [5.74, 6) is 0.887. The van der Waals surface area contributed by atoms with E-state index < -0.39 is 0 Å². The van der Waals surface area contributed by atoms with Crippen LogP contribution < -0.4 is 10.6 Å². The summed E-state index contributed by atoms with van der Waals surface area (Å²) in [6.07, 6.45) is 3.86. The number of rotatable bonds is 7. The summed E-state index contributed by atoms with van der Waals surface area (Å²) in [5, 5.41) is 6.83. The van der Waals surface area contributed by atoms with E-state index >= 15 is 0 Å². The first kappa shape index (κ1) is 21.9. The number of thiophene rings is 1. The van der Waals surface area contributed by atoms with Crippen molar-refractivity contribution in [3.8, 4) is 0 Å². The van der Waals surface area contributed by atoms with Gasteiger partial charge >= 0.3 is 0 Å². The topological polar surface area (TPSA) is 49.3 Å². The van der Waals surface area contributed by atoms with Crippen molar-refractivity contribution in [2.75, 3.05) is 13.1 Å². The number of aliphatic imine (C=N–C) groups is 1. The van der Waals surface area contributed by atoms with Crippen molar-refractivity contribution in [2.24, 2.45) is 4.99 Å². The van der Waals surface area contributed by atoms with Crippen LogP contribution in [0.1, 0.15) is 34.9 Å². The molecule has 0 saturated carbocycles. The van der Waals surface area contributed by atoms with E-state index in [2.05, 4.69) is 59.6 Å². The Balaban J connectivity index is 0.00000312. The monoisotopic (exact) mass is 472 g/mol. The molecular weight excluding hydrogens is 443 g/mol. The molecule has 2 aromatic rings. The molecule has 0 aromatic carbocycles.